The van der Waals surface area contributed by atoms with Crippen molar-refractivity contribution >= 4 is 17.7 Å². The third kappa shape index (κ3) is 3.38. The summed E-state index contributed by atoms with van der Waals surface area (Å²) < 4.78 is 0.295. The molecule has 1 saturated carbocycles. The van der Waals surface area contributed by atoms with E-state index in [4.69, 9.17) is 5.11 Å². The van der Waals surface area contributed by atoms with Crippen molar-refractivity contribution in [2.24, 2.45) is 0 Å². The van der Waals surface area contributed by atoms with Crippen LogP contribution in [0.2, 0.25) is 0 Å². The number of aliphatic carboxylic acids is 1. The number of thioether (sulfide) groups is 1. The number of nitrogens with one attached hydrogen (secondary N) is 1. The minimum Gasteiger partial charge on any atom is -0.480 e. The fourth-order valence-electron chi connectivity index (χ4n) is 2.19. The Labute approximate surface area is 96.0 Å². The Morgan fingerprint density at radius 2 is 2.13 bits per heavy atom. The summed E-state index contributed by atoms with van der Waals surface area (Å²) in [5.74, 6) is -0.730. The molecule has 15 heavy (non-hydrogen) atoms. The molecule has 1 rings (SSSR count). The van der Waals surface area contributed by atoms with E-state index < -0.39 is 5.97 Å². The van der Waals surface area contributed by atoms with Crippen LogP contribution in [0.25, 0.3) is 0 Å². The molecule has 0 aromatic carbocycles. The summed E-state index contributed by atoms with van der Waals surface area (Å²) in [5.41, 5.74) is 0. The molecule has 0 heterocycles. The van der Waals surface area contributed by atoms with Crippen molar-refractivity contribution < 1.29 is 9.90 Å². The normalized spacial score (nSPS) is 21.5. The van der Waals surface area contributed by atoms with E-state index in [1.54, 1.807) is 0 Å². The SMILES string of the molecule is CCC(NCC1(SC)CCCC1)C(=O)O. The lowest BCUT2D eigenvalue weighted by Crippen LogP contribution is -2.44. The molecule has 0 spiro atoms. The van der Waals surface area contributed by atoms with Crippen molar-refractivity contribution in [1.82, 2.24) is 5.32 Å². The maximum atomic E-state index is 10.9. The highest BCUT2D eigenvalue weighted by Gasteiger charge is 2.33. The molecule has 88 valence electrons. The van der Waals surface area contributed by atoms with Crippen LogP contribution in [0.15, 0.2) is 0 Å². The highest BCUT2D eigenvalue weighted by molar-refractivity contribution is 8.00. The lowest BCUT2D eigenvalue weighted by Gasteiger charge is -2.28. The summed E-state index contributed by atoms with van der Waals surface area (Å²) in [5, 5.41) is 12.1. The van der Waals surface area contributed by atoms with Gasteiger partial charge in [0.1, 0.15) is 6.04 Å². The summed E-state index contributed by atoms with van der Waals surface area (Å²) in [6.07, 6.45) is 7.79. The molecule has 1 atom stereocenters. The van der Waals surface area contributed by atoms with Crippen molar-refractivity contribution in [1.29, 1.82) is 0 Å². The van der Waals surface area contributed by atoms with Crippen LogP contribution < -0.4 is 5.32 Å². The van der Waals surface area contributed by atoms with Gasteiger partial charge in [0.05, 0.1) is 0 Å². The Kier molecular flexibility index (Phi) is 4.93. The minimum atomic E-state index is -0.730. The third-order valence-corrected chi connectivity index (χ3v) is 4.74. The molecule has 1 aliphatic carbocycles. The van der Waals surface area contributed by atoms with Gasteiger partial charge in [-0.2, -0.15) is 11.8 Å². The number of rotatable bonds is 6. The maximum Gasteiger partial charge on any atom is 0.320 e. The largest absolute Gasteiger partial charge is 0.480 e. The second kappa shape index (κ2) is 5.75. The lowest BCUT2D eigenvalue weighted by atomic mass is 10.1. The lowest BCUT2D eigenvalue weighted by molar-refractivity contribution is -0.139. The molecule has 0 aliphatic heterocycles. The van der Waals surface area contributed by atoms with Crippen LogP contribution in [0.3, 0.4) is 0 Å². The second-order valence-electron chi connectivity index (χ2n) is 4.27. The van der Waals surface area contributed by atoms with E-state index in [0.717, 1.165) is 6.54 Å². The number of carbonyl (C=O) groups is 1. The van der Waals surface area contributed by atoms with Gasteiger partial charge in [-0.3, -0.25) is 4.79 Å². The van der Waals surface area contributed by atoms with E-state index in [-0.39, 0.29) is 6.04 Å². The number of hydrogen-bond donors (Lipinski definition) is 2. The van der Waals surface area contributed by atoms with Gasteiger partial charge in [0, 0.05) is 11.3 Å². The van der Waals surface area contributed by atoms with Gasteiger partial charge in [-0.1, -0.05) is 19.8 Å². The molecule has 0 aromatic heterocycles. The van der Waals surface area contributed by atoms with Gasteiger partial charge in [-0.15, -0.1) is 0 Å². The quantitative estimate of drug-likeness (QED) is 0.735. The van der Waals surface area contributed by atoms with Crippen LogP contribution in [0, 0.1) is 0 Å². The predicted molar refractivity (Wildman–Crippen MR) is 64.4 cm³/mol. The van der Waals surface area contributed by atoms with Gasteiger partial charge < -0.3 is 10.4 Å². The van der Waals surface area contributed by atoms with Crippen LogP contribution in [0.5, 0.6) is 0 Å². The molecule has 0 aromatic rings. The van der Waals surface area contributed by atoms with Crippen LogP contribution in [0.1, 0.15) is 39.0 Å². The van der Waals surface area contributed by atoms with Gasteiger partial charge >= 0.3 is 5.97 Å². The monoisotopic (exact) mass is 231 g/mol. The molecule has 0 radical (unpaired) electrons. The first kappa shape index (κ1) is 12.8. The maximum absolute atomic E-state index is 10.9. The van der Waals surface area contributed by atoms with E-state index in [1.165, 1.54) is 25.7 Å². The van der Waals surface area contributed by atoms with Crippen LogP contribution in [0.4, 0.5) is 0 Å². The summed E-state index contributed by atoms with van der Waals surface area (Å²) in [6, 6.07) is -0.380. The Balaban J connectivity index is 2.42. The Morgan fingerprint density at radius 3 is 2.53 bits per heavy atom. The van der Waals surface area contributed by atoms with Gasteiger partial charge in [0.25, 0.3) is 0 Å². The van der Waals surface area contributed by atoms with E-state index in [0.29, 0.717) is 11.2 Å². The first-order valence-electron chi connectivity index (χ1n) is 5.65. The van der Waals surface area contributed by atoms with Crippen molar-refractivity contribution in [3.8, 4) is 0 Å². The van der Waals surface area contributed by atoms with Gasteiger partial charge in [0.2, 0.25) is 0 Å². The fraction of sp³-hybridized carbons (Fsp3) is 0.909. The number of hydrogen-bond acceptors (Lipinski definition) is 3. The average molecular weight is 231 g/mol. The fourth-order valence-corrected chi connectivity index (χ4v) is 3.11. The minimum absolute atomic E-state index is 0.295. The van der Waals surface area contributed by atoms with Crippen LogP contribution >= 0.6 is 11.8 Å². The zero-order valence-corrected chi connectivity index (χ0v) is 10.4. The van der Waals surface area contributed by atoms with Crippen LogP contribution in [-0.4, -0.2) is 34.7 Å². The Hall–Kier alpha value is -0.220. The zero-order chi connectivity index (χ0) is 11.3. The molecular weight excluding hydrogens is 210 g/mol. The molecule has 1 fully saturated rings. The Bertz CT molecular complexity index is 215. The molecule has 1 unspecified atom stereocenters. The zero-order valence-electron chi connectivity index (χ0n) is 9.58. The standard InChI is InChI=1S/C11H21NO2S/c1-3-9(10(13)14)12-8-11(15-2)6-4-5-7-11/h9,12H,3-8H2,1-2H3,(H,13,14). The first-order valence-corrected chi connectivity index (χ1v) is 6.87. The molecule has 4 heteroatoms. The van der Waals surface area contributed by atoms with Gasteiger partial charge in [-0.25, -0.2) is 0 Å². The second-order valence-corrected chi connectivity index (χ2v) is 5.55. The molecule has 2 N–H and O–H groups in total. The third-order valence-electron chi connectivity index (χ3n) is 3.32. The number of carboxylic acids is 1. The summed E-state index contributed by atoms with van der Waals surface area (Å²) >= 11 is 1.89. The van der Waals surface area contributed by atoms with Crippen LogP contribution in [-0.2, 0) is 4.79 Å². The smallest absolute Gasteiger partial charge is 0.320 e. The number of carboxylic acid groups (broad SMARTS) is 1. The van der Waals surface area contributed by atoms with Gasteiger partial charge in [0.15, 0.2) is 0 Å². The van der Waals surface area contributed by atoms with E-state index in [9.17, 15) is 4.79 Å². The Morgan fingerprint density at radius 1 is 1.53 bits per heavy atom. The summed E-state index contributed by atoms with van der Waals surface area (Å²) in [4.78, 5) is 10.9. The molecule has 0 bridgehead atoms. The highest BCUT2D eigenvalue weighted by atomic mass is 32.2. The summed E-state index contributed by atoms with van der Waals surface area (Å²) in [7, 11) is 0. The molecule has 0 amide bonds. The highest BCUT2D eigenvalue weighted by Crippen LogP contribution is 2.39. The van der Waals surface area contributed by atoms with Crippen molar-refractivity contribution in [2.75, 3.05) is 12.8 Å². The van der Waals surface area contributed by atoms with Crippen molar-refractivity contribution in [2.45, 2.75) is 49.8 Å². The topological polar surface area (TPSA) is 49.3 Å². The van der Waals surface area contributed by atoms with E-state index in [2.05, 4.69) is 11.6 Å². The molecule has 3 nitrogen and oxygen atoms in total. The molecule has 0 saturated heterocycles. The van der Waals surface area contributed by atoms with Crippen molar-refractivity contribution in [3.05, 3.63) is 0 Å². The first-order chi connectivity index (χ1) is 7.13. The van der Waals surface area contributed by atoms with Crippen molar-refractivity contribution in [3.63, 3.8) is 0 Å². The molecule has 1 aliphatic rings. The van der Waals surface area contributed by atoms with Gasteiger partial charge in [-0.05, 0) is 25.5 Å². The average Bonchev–Trinajstić information content (AvgIpc) is 2.68. The summed E-state index contributed by atoms with van der Waals surface area (Å²) in [6.45, 7) is 2.74. The predicted octanol–water partition coefficient (Wildman–Crippen LogP) is 2.11. The van der Waals surface area contributed by atoms with E-state index in [1.807, 2.05) is 18.7 Å². The molecular formula is C11H21NO2S. The van der Waals surface area contributed by atoms with E-state index >= 15 is 0 Å².